The van der Waals surface area contributed by atoms with Crippen LogP contribution < -0.4 is 14.8 Å². The van der Waals surface area contributed by atoms with E-state index in [1.54, 1.807) is 14.0 Å². The van der Waals surface area contributed by atoms with Crippen LogP contribution in [0.2, 0.25) is 0 Å². The zero-order valence-electron chi connectivity index (χ0n) is 10.9. The van der Waals surface area contributed by atoms with Crippen LogP contribution in [0.1, 0.15) is 6.92 Å². The van der Waals surface area contributed by atoms with Gasteiger partial charge in [0.15, 0.2) is 0 Å². The first-order valence-electron chi connectivity index (χ1n) is 5.75. The number of benzene rings is 1. The van der Waals surface area contributed by atoms with E-state index < -0.39 is 0 Å². The molecule has 0 spiro atoms. The second-order valence-corrected chi connectivity index (χ2v) is 3.72. The first-order chi connectivity index (χ1) is 8.67. The van der Waals surface area contributed by atoms with Crippen molar-refractivity contribution in [1.29, 1.82) is 0 Å². The topological polar surface area (TPSA) is 56.8 Å². The lowest BCUT2D eigenvalue weighted by atomic mass is 10.3. The highest BCUT2D eigenvalue weighted by atomic mass is 16.5. The molecule has 0 aliphatic carbocycles. The summed E-state index contributed by atoms with van der Waals surface area (Å²) in [6.45, 7) is 2.80. The Labute approximate surface area is 107 Å². The Kier molecular flexibility index (Phi) is 6.00. The molecule has 0 heterocycles. The molecule has 1 unspecified atom stereocenters. The summed E-state index contributed by atoms with van der Waals surface area (Å²) in [5, 5.41) is 3.00. The first-order valence-corrected chi connectivity index (χ1v) is 5.75. The molecule has 0 bridgehead atoms. The zero-order chi connectivity index (χ0) is 13.4. The third kappa shape index (κ3) is 4.63. The molecule has 1 N–H and O–H groups in total. The van der Waals surface area contributed by atoms with Crippen LogP contribution in [0.4, 0.5) is 0 Å². The van der Waals surface area contributed by atoms with Crippen molar-refractivity contribution in [3.8, 4) is 11.5 Å². The molecule has 1 rings (SSSR count). The summed E-state index contributed by atoms with van der Waals surface area (Å²) in [7, 11) is 2.99. The summed E-state index contributed by atoms with van der Waals surface area (Å²) in [5.41, 5.74) is 0. The number of carbonyl (C=O) groups is 1. The van der Waals surface area contributed by atoms with E-state index in [-0.39, 0.29) is 12.0 Å². The standard InChI is InChI=1S/C13H19NO4/c1-10(13(15)17-3)14-8-9-18-12-6-4-11(16-2)5-7-12/h4-7,10,14H,8-9H2,1-3H3. The van der Waals surface area contributed by atoms with Gasteiger partial charge in [0, 0.05) is 6.54 Å². The minimum atomic E-state index is -0.325. The number of hydrogen-bond donors (Lipinski definition) is 1. The lowest BCUT2D eigenvalue weighted by molar-refractivity contribution is -0.142. The smallest absolute Gasteiger partial charge is 0.322 e. The first kappa shape index (κ1) is 14.3. The molecule has 5 nitrogen and oxygen atoms in total. The van der Waals surface area contributed by atoms with Gasteiger partial charge in [-0.1, -0.05) is 0 Å². The SMILES string of the molecule is COC(=O)C(C)NCCOc1ccc(OC)cc1. The van der Waals surface area contributed by atoms with Crippen molar-refractivity contribution in [3.05, 3.63) is 24.3 Å². The second-order valence-electron chi connectivity index (χ2n) is 3.72. The van der Waals surface area contributed by atoms with Gasteiger partial charge in [0.05, 0.1) is 14.2 Å². The van der Waals surface area contributed by atoms with Crippen molar-refractivity contribution in [2.24, 2.45) is 0 Å². The molecule has 100 valence electrons. The molecular weight excluding hydrogens is 234 g/mol. The monoisotopic (exact) mass is 253 g/mol. The summed E-state index contributed by atoms with van der Waals surface area (Å²) in [6, 6.07) is 7.01. The van der Waals surface area contributed by atoms with Gasteiger partial charge in [-0.2, -0.15) is 0 Å². The number of esters is 1. The fourth-order valence-corrected chi connectivity index (χ4v) is 1.38. The molecule has 1 aromatic carbocycles. The lowest BCUT2D eigenvalue weighted by Gasteiger charge is -2.12. The fourth-order valence-electron chi connectivity index (χ4n) is 1.38. The molecule has 5 heteroatoms. The Balaban J connectivity index is 2.23. The number of rotatable bonds is 7. The van der Waals surface area contributed by atoms with Crippen molar-refractivity contribution >= 4 is 5.97 Å². The highest BCUT2D eigenvalue weighted by Crippen LogP contribution is 2.16. The van der Waals surface area contributed by atoms with Crippen molar-refractivity contribution in [2.75, 3.05) is 27.4 Å². The average molecular weight is 253 g/mol. The Hall–Kier alpha value is -1.75. The minimum absolute atomic E-state index is 0.278. The molecule has 1 aromatic rings. The van der Waals surface area contributed by atoms with Gasteiger partial charge in [-0.05, 0) is 31.2 Å². The van der Waals surface area contributed by atoms with Crippen LogP contribution in [-0.2, 0) is 9.53 Å². The number of hydrogen-bond acceptors (Lipinski definition) is 5. The summed E-state index contributed by atoms with van der Waals surface area (Å²) in [5.74, 6) is 1.28. The molecule has 0 aliphatic heterocycles. The van der Waals surface area contributed by atoms with Crippen molar-refractivity contribution in [1.82, 2.24) is 5.32 Å². The van der Waals surface area contributed by atoms with Gasteiger partial charge in [0.1, 0.15) is 24.1 Å². The third-order valence-corrected chi connectivity index (χ3v) is 2.44. The van der Waals surface area contributed by atoms with Gasteiger partial charge in [0.2, 0.25) is 0 Å². The quantitative estimate of drug-likeness (QED) is 0.585. The molecule has 0 aliphatic rings. The van der Waals surface area contributed by atoms with E-state index in [4.69, 9.17) is 9.47 Å². The molecule has 1 atom stereocenters. The number of carbonyl (C=O) groups excluding carboxylic acids is 1. The largest absolute Gasteiger partial charge is 0.497 e. The predicted molar refractivity (Wildman–Crippen MR) is 68.0 cm³/mol. The van der Waals surface area contributed by atoms with Gasteiger partial charge in [-0.15, -0.1) is 0 Å². The summed E-state index contributed by atoms with van der Waals surface area (Å²) in [6.07, 6.45) is 0. The van der Waals surface area contributed by atoms with E-state index in [0.717, 1.165) is 11.5 Å². The van der Waals surface area contributed by atoms with Gasteiger partial charge in [0.25, 0.3) is 0 Å². The van der Waals surface area contributed by atoms with E-state index in [2.05, 4.69) is 10.1 Å². The van der Waals surface area contributed by atoms with Gasteiger partial charge in [-0.3, -0.25) is 4.79 Å². The van der Waals surface area contributed by atoms with Crippen molar-refractivity contribution < 1.29 is 19.0 Å². The van der Waals surface area contributed by atoms with Crippen molar-refractivity contribution in [3.63, 3.8) is 0 Å². The van der Waals surface area contributed by atoms with E-state index in [1.165, 1.54) is 7.11 Å². The number of methoxy groups -OCH3 is 2. The molecule has 0 saturated heterocycles. The normalized spacial score (nSPS) is 11.7. The van der Waals surface area contributed by atoms with Gasteiger partial charge in [-0.25, -0.2) is 0 Å². The highest BCUT2D eigenvalue weighted by molar-refractivity contribution is 5.75. The second kappa shape index (κ2) is 7.55. The molecule has 0 fully saturated rings. The van der Waals surface area contributed by atoms with Crippen LogP contribution >= 0.6 is 0 Å². The maximum atomic E-state index is 11.1. The Morgan fingerprint density at radius 2 is 1.83 bits per heavy atom. The summed E-state index contributed by atoms with van der Waals surface area (Å²) in [4.78, 5) is 11.1. The maximum Gasteiger partial charge on any atom is 0.322 e. The molecule has 18 heavy (non-hydrogen) atoms. The Bertz CT molecular complexity index is 364. The Morgan fingerprint density at radius 1 is 1.22 bits per heavy atom. The van der Waals surface area contributed by atoms with Crippen LogP contribution in [0.25, 0.3) is 0 Å². The van der Waals surface area contributed by atoms with Gasteiger partial charge < -0.3 is 19.5 Å². The van der Waals surface area contributed by atoms with E-state index in [1.807, 2.05) is 24.3 Å². The molecule has 0 saturated carbocycles. The highest BCUT2D eigenvalue weighted by Gasteiger charge is 2.10. The summed E-state index contributed by atoms with van der Waals surface area (Å²) < 4.78 is 15.1. The summed E-state index contributed by atoms with van der Waals surface area (Å²) >= 11 is 0. The average Bonchev–Trinajstić information content (AvgIpc) is 2.43. The number of nitrogens with one attached hydrogen (secondary N) is 1. The van der Waals surface area contributed by atoms with Gasteiger partial charge >= 0.3 is 5.97 Å². The van der Waals surface area contributed by atoms with E-state index >= 15 is 0 Å². The molecular formula is C13H19NO4. The molecule has 0 radical (unpaired) electrons. The van der Waals surface area contributed by atoms with Crippen LogP contribution in [0.15, 0.2) is 24.3 Å². The van der Waals surface area contributed by atoms with Crippen molar-refractivity contribution in [2.45, 2.75) is 13.0 Å². The van der Waals surface area contributed by atoms with E-state index in [0.29, 0.717) is 13.2 Å². The number of ether oxygens (including phenoxy) is 3. The third-order valence-electron chi connectivity index (χ3n) is 2.44. The van der Waals surface area contributed by atoms with Crippen LogP contribution in [-0.4, -0.2) is 39.4 Å². The molecule has 0 amide bonds. The predicted octanol–water partition coefficient (Wildman–Crippen LogP) is 1.23. The molecule has 0 aromatic heterocycles. The van der Waals surface area contributed by atoms with E-state index in [9.17, 15) is 4.79 Å². The van der Waals surface area contributed by atoms with Crippen LogP contribution in [0.3, 0.4) is 0 Å². The lowest BCUT2D eigenvalue weighted by Crippen LogP contribution is -2.37. The van der Waals surface area contributed by atoms with Crippen LogP contribution in [0, 0.1) is 0 Å². The Morgan fingerprint density at radius 3 is 2.39 bits per heavy atom. The maximum absolute atomic E-state index is 11.1. The van der Waals surface area contributed by atoms with Crippen LogP contribution in [0.5, 0.6) is 11.5 Å². The fraction of sp³-hybridized carbons (Fsp3) is 0.462. The zero-order valence-corrected chi connectivity index (χ0v) is 10.9. The minimum Gasteiger partial charge on any atom is -0.497 e.